The summed E-state index contributed by atoms with van der Waals surface area (Å²) in [6, 6.07) is 13.2. The van der Waals surface area contributed by atoms with Gasteiger partial charge in [0.25, 0.3) is 0 Å². The number of hydrogen-bond donors (Lipinski definition) is 1. The van der Waals surface area contributed by atoms with Gasteiger partial charge < -0.3 is 14.6 Å². The smallest absolute Gasteiger partial charge is 0.338 e. The van der Waals surface area contributed by atoms with Gasteiger partial charge in [-0.1, -0.05) is 18.2 Å². The van der Waals surface area contributed by atoms with Gasteiger partial charge in [0.15, 0.2) is 0 Å². The molecule has 0 aliphatic rings. The summed E-state index contributed by atoms with van der Waals surface area (Å²) in [7, 11) is 0. The predicted octanol–water partition coefficient (Wildman–Crippen LogP) is 3.14. The molecule has 0 spiro atoms. The Morgan fingerprint density at radius 3 is 2.50 bits per heavy atom. The summed E-state index contributed by atoms with van der Waals surface area (Å²) >= 11 is 0. The molecule has 0 saturated heterocycles. The summed E-state index contributed by atoms with van der Waals surface area (Å²) in [4.78, 5) is 22.6. The van der Waals surface area contributed by atoms with Gasteiger partial charge >= 0.3 is 11.9 Å². The SMILES string of the molecule is CCOC(=O)c1cccc(OCc2cccc(C(=O)O)c2)c1. The highest BCUT2D eigenvalue weighted by Crippen LogP contribution is 2.16. The molecule has 0 fully saturated rings. The van der Waals surface area contributed by atoms with E-state index >= 15 is 0 Å². The van der Waals surface area contributed by atoms with Crippen LogP contribution in [0.4, 0.5) is 0 Å². The molecule has 2 aromatic rings. The van der Waals surface area contributed by atoms with Crippen LogP contribution < -0.4 is 4.74 Å². The van der Waals surface area contributed by atoms with E-state index < -0.39 is 11.9 Å². The molecular weight excluding hydrogens is 284 g/mol. The lowest BCUT2D eigenvalue weighted by Crippen LogP contribution is -2.05. The van der Waals surface area contributed by atoms with E-state index in [-0.39, 0.29) is 12.2 Å². The molecule has 5 heteroatoms. The van der Waals surface area contributed by atoms with Crippen molar-refractivity contribution < 1.29 is 24.2 Å². The Balaban J connectivity index is 2.05. The van der Waals surface area contributed by atoms with Gasteiger partial charge in [0.05, 0.1) is 17.7 Å². The molecule has 0 aliphatic heterocycles. The molecule has 114 valence electrons. The highest BCUT2D eigenvalue weighted by molar-refractivity contribution is 5.89. The lowest BCUT2D eigenvalue weighted by Gasteiger charge is -2.08. The summed E-state index contributed by atoms with van der Waals surface area (Å²) in [5, 5.41) is 8.95. The minimum Gasteiger partial charge on any atom is -0.489 e. The number of carboxylic acid groups (broad SMARTS) is 1. The monoisotopic (exact) mass is 300 g/mol. The Morgan fingerprint density at radius 2 is 1.77 bits per heavy atom. The average Bonchev–Trinajstić information content (AvgIpc) is 2.54. The van der Waals surface area contributed by atoms with E-state index in [1.807, 2.05) is 0 Å². The van der Waals surface area contributed by atoms with Crippen LogP contribution in [0.5, 0.6) is 5.75 Å². The van der Waals surface area contributed by atoms with Crippen LogP contribution in [0.1, 0.15) is 33.2 Å². The summed E-state index contributed by atoms with van der Waals surface area (Å²) in [6.07, 6.45) is 0. The molecule has 2 aromatic carbocycles. The maximum Gasteiger partial charge on any atom is 0.338 e. The van der Waals surface area contributed by atoms with E-state index in [0.717, 1.165) is 5.56 Å². The second kappa shape index (κ2) is 7.26. The highest BCUT2D eigenvalue weighted by Gasteiger charge is 2.08. The third-order valence-corrected chi connectivity index (χ3v) is 2.92. The maximum atomic E-state index is 11.6. The molecule has 0 unspecified atom stereocenters. The van der Waals surface area contributed by atoms with Gasteiger partial charge in [-0.15, -0.1) is 0 Å². The van der Waals surface area contributed by atoms with Crippen LogP contribution in [0.3, 0.4) is 0 Å². The van der Waals surface area contributed by atoms with Gasteiger partial charge in [-0.3, -0.25) is 0 Å². The predicted molar refractivity (Wildman–Crippen MR) is 80.1 cm³/mol. The molecule has 2 rings (SSSR count). The van der Waals surface area contributed by atoms with E-state index in [1.54, 1.807) is 49.4 Å². The van der Waals surface area contributed by atoms with Gasteiger partial charge in [-0.2, -0.15) is 0 Å². The molecule has 5 nitrogen and oxygen atoms in total. The highest BCUT2D eigenvalue weighted by atomic mass is 16.5. The molecule has 0 aromatic heterocycles. The minimum atomic E-state index is -0.980. The number of carbonyl (C=O) groups excluding carboxylic acids is 1. The Kier molecular flexibility index (Phi) is 5.14. The summed E-state index contributed by atoms with van der Waals surface area (Å²) in [5.41, 5.74) is 1.36. The van der Waals surface area contributed by atoms with Crippen molar-refractivity contribution in [3.8, 4) is 5.75 Å². The van der Waals surface area contributed by atoms with Crippen LogP contribution in [0, 0.1) is 0 Å². The van der Waals surface area contributed by atoms with Crippen LogP contribution >= 0.6 is 0 Å². The number of esters is 1. The Hall–Kier alpha value is -2.82. The van der Waals surface area contributed by atoms with Crippen molar-refractivity contribution in [2.45, 2.75) is 13.5 Å². The number of rotatable bonds is 6. The fourth-order valence-electron chi connectivity index (χ4n) is 1.89. The lowest BCUT2D eigenvalue weighted by molar-refractivity contribution is 0.0525. The van der Waals surface area contributed by atoms with Gasteiger partial charge in [-0.25, -0.2) is 9.59 Å². The lowest BCUT2D eigenvalue weighted by atomic mass is 10.1. The van der Waals surface area contributed by atoms with Gasteiger partial charge in [0.1, 0.15) is 12.4 Å². The fourth-order valence-corrected chi connectivity index (χ4v) is 1.89. The van der Waals surface area contributed by atoms with E-state index in [0.29, 0.717) is 17.9 Å². The molecule has 22 heavy (non-hydrogen) atoms. The first-order valence-electron chi connectivity index (χ1n) is 6.82. The molecule has 0 atom stereocenters. The molecular formula is C17H16O5. The van der Waals surface area contributed by atoms with E-state index in [9.17, 15) is 9.59 Å². The number of carboxylic acids is 1. The molecule has 0 radical (unpaired) electrons. The molecule has 0 saturated carbocycles. The summed E-state index contributed by atoms with van der Waals surface area (Å²) in [6.45, 7) is 2.27. The van der Waals surface area contributed by atoms with Crippen molar-refractivity contribution in [1.82, 2.24) is 0 Å². The van der Waals surface area contributed by atoms with Crippen molar-refractivity contribution >= 4 is 11.9 Å². The number of aromatic carboxylic acids is 1. The normalized spacial score (nSPS) is 10.0. The quantitative estimate of drug-likeness (QED) is 0.830. The third-order valence-electron chi connectivity index (χ3n) is 2.92. The van der Waals surface area contributed by atoms with Crippen molar-refractivity contribution in [2.24, 2.45) is 0 Å². The number of benzene rings is 2. The molecule has 0 heterocycles. The van der Waals surface area contributed by atoms with E-state index in [2.05, 4.69) is 0 Å². The van der Waals surface area contributed by atoms with Crippen molar-refractivity contribution in [3.63, 3.8) is 0 Å². The van der Waals surface area contributed by atoms with E-state index in [1.165, 1.54) is 6.07 Å². The Labute approximate surface area is 128 Å². The minimum absolute atomic E-state index is 0.210. The Morgan fingerprint density at radius 1 is 1.05 bits per heavy atom. The second-order valence-corrected chi connectivity index (χ2v) is 4.54. The largest absolute Gasteiger partial charge is 0.489 e. The first kappa shape index (κ1) is 15.6. The summed E-state index contributed by atoms with van der Waals surface area (Å²) in [5.74, 6) is -0.863. The fraction of sp³-hybridized carbons (Fsp3) is 0.176. The first-order chi connectivity index (χ1) is 10.6. The van der Waals surface area contributed by atoms with Crippen molar-refractivity contribution in [3.05, 3.63) is 65.2 Å². The zero-order valence-corrected chi connectivity index (χ0v) is 12.1. The standard InChI is InChI=1S/C17H16O5/c1-2-21-17(20)14-7-4-8-15(10-14)22-11-12-5-3-6-13(9-12)16(18)19/h3-10H,2,11H2,1H3,(H,18,19). The van der Waals surface area contributed by atoms with E-state index in [4.69, 9.17) is 14.6 Å². The van der Waals surface area contributed by atoms with Crippen molar-refractivity contribution in [1.29, 1.82) is 0 Å². The average molecular weight is 300 g/mol. The van der Waals surface area contributed by atoms with Crippen LogP contribution in [0.25, 0.3) is 0 Å². The topological polar surface area (TPSA) is 72.8 Å². The molecule has 0 aliphatic carbocycles. The number of ether oxygens (including phenoxy) is 2. The van der Waals surface area contributed by atoms with Crippen LogP contribution in [0.15, 0.2) is 48.5 Å². The van der Waals surface area contributed by atoms with Gasteiger partial charge in [0.2, 0.25) is 0 Å². The second-order valence-electron chi connectivity index (χ2n) is 4.54. The number of carbonyl (C=O) groups is 2. The first-order valence-corrected chi connectivity index (χ1v) is 6.82. The van der Waals surface area contributed by atoms with Gasteiger partial charge in [0, 0.05) is 0 Å². The van der Waals surface area contributed by atoms with Crippen molar-refractivity contribution in [2.75, 3.05) is 6.61 Å². The van der Waals surface area contributed by atoms with Crippen LogP contribution in [-0.2, 0) is 11.3 Å². The van der Waals surface area contributed by atoms with Crippen LogP contribution in [0.2, 0.25) is 0 Å². The van der Waals surface area contributed by atoms with Gasteiger partial charge in [-0.05, 0) is 42.8 Å². The summed E-state index contributed by atoms with van der Waals surface area (Å²) < 4.78 is 10.5. The maximum absolute atomic E-state index is 11.6. The molecule has 0 amide bonds. The Bertz CT molecular complexity index is 678. The zero-order chi connectivity index (χ0) is 15.9. The van der Waals surface area contributed by atoms with Crippen LogP contribution in [-0.4, -0.2) is 23.7 Å². The third kappa shape index (κ3) is 4.09. The zero-order valence-electron chi connectivity index (χ0n) is 12.1. The molecule has 1 N–H and O–H groups in total. The number of hydrogen-bond acceptors (Lipinski definition) is 4. The molecule has 0 bridgehead atoms.